The number of nitrogens with zero attached hydrogens (tertiary/aromatic N) is 1. The summed E-state index contributed by atoms with van der Waals surface area (Å²) in [7, 11) is 1.55. The summed E-state index contributed by atoms with van der Waals surface area (Å²) >= 11 is 0. The van der Waals surface area contributed by atoms with Crippen LogP contribution in [0.25, 0.3) is 0 Å². The van der Waals surface area contributed by atoms with Gasteiger partial charge in [0.15, 0.2) is 5.75 Å². The van der Waals surface area contributed by atoms with Gasteiger partial charge in [-0.25, -0.2) is 4.79 Å². The van der Waals surface area contributed by atoms with Gasteiger partial charge < -0.3 is 9.47 Å². The Morgan fingerprint density at radius 2 is 2.33 bits per heavy atom. The molecule has 0 spiro atoms. The minimum atomic E-state index is -0.571. The number of benzene rings is 1. The second kappa shape index (κ2) is 2.41. The maximum Gasteiger partial charge on any atom is 0.439 e. The van der Waals surface area contributed by atoms with Crippen molar-refractivity contribution in [3.05, 3.63) is 18.2 Å². The van der Waals surface area contributed by atoms with E-state index in [1.54, 1.807) is 25.3 Å². The van der Waals surface area contributed by atoms with Crippen molar-refractivity contribution in [2.24, 2.45) is 0 Å². The highest BCUT2D eigenvalue weighted by molar-refractivity contribution is 5.84. The van der Waals surface area contributed by atoms with E-state index in [1.807, 2.05) is 0 Å². The molecule has 0 fully saturated rings. The Morgan fingerprint density at radius 3 is 3.08 bits per heavy atom. The molecule has 1 heterocycles. The van der Waals surface area contributed by atoms with Gasteiger partial charge in [-0.3, -0.25) is 0 Å². The molecule has 0 aliphatic carbocycles. The van der Waals surface area contributed by atoms with E-state index in [9.17, 15) is 4.79 Å². The number of carbonyl (C=O) groups excluding carboxylic acids is 1. The molecule has 61 valence electrons. The normalized spacial score (nSPS) is 13.2. The standard InChI is InChI=1S/C8H6NO3/c1-11-5-2-3-6-7(4-5)12-8(10)9-6/h2-4H,1H3. The summed E-state index contributed by atoms with van der Waals surface area (Å²) in [4.78, 5) is 10.7. The Kier molecular flexibility index (Phi) is 1.40. The van der Waals surface area contributed by atoms with Crippen LogP contribution in [0.2, 0.25) is 0 Å². The largest absolute Gasteiger partial charge is 0.497 e. The second-order valence-electron chi connectivity index (χ2n) is 2.31. The number of rotatable bonds is 1. The molecule has 0 saturated heterocycles. The van der Waals surface area contributed by atoms with E-state index in [0.29, 0.717) is 17.2 Å². The quantitative estimate of drug-likeness (QED) is 0.631. The molecule has 2 rings (SSSR count). The molecular weight excluding hydrogens is 158 g/mol. The van der Waals surface area contributed by atoms with Gasteiger partial charge in [0.25, 0.3) is 0 Å². The molecular formula is C8H6NO3. The van der Waals surface area contributed by atoms with Gasteiger partial charge in [0.05, 0.1) is 7.11 Å². The first-order valence-electron chi connectivity index (χ1n) is 3.41. The summed E-state index contributed by atoms with van der Waals surface area (Å²) in [5, 5.41) is 3.61. The van der Waals surface area contributed by atoms with Crippen LogP contribution in [0.3, 0.4) is 0 Å². The number of hydrogen-bond acceptors (Lipinski definition) is 3. The molecule has 1 radical (unpaired) electrons. The Morgan fingerprint density at radius 1 is 1.50 bits per heavy atom. The summed E-state index contributed by atoms with van der Waals surface area (Å²) < 4.78 is 9.71. The van der Waals surface area contributed by atoms with E-state index in [4.69, 9.17) is 9.47 Å². The molecule has 4 nitrogen and oxygen atoms in total. The van der Waals surface area contributed by atoms with Crippen LogP contribution in [-0.4, -0.2) is 13.2 Å². The number of amides is 1. The van der Waals surface area contributed by atoms with Gasteiger partial charge in [0.2, 0.25) is 0 Å². The third kappa shape index (κ3) is 0.972. The third-order valence-electron chi connectivity index (χ3n) is 1.58. The number of methoxy groups -OCH3 is 1. The zero-order valence-electron chi connectivity index (χ0n) is 6.40. The van der Waals surface area contributed by atoms with Crippen LogP contribution in [0.15, 0.2) is 18.2 Å². The van der Waals surface area contributed by atoms with E-state index in [0.717, 1.165) is 0 Å². The van der Waals surface area contributed by atoms with E-state index in [1.165, 1.54) is 0 Å². The van der Waals surface area contributed by atoms with Gasteiger partial charge in [-0.15, -0.1) is 0 Å². The lowest BCUT2D eigenvalue weighted by Gasteiger charge is -1.99. The van der Waals surface area contributed by atoms with Crippen LogP contribution in [0.1, 0.15) is 0 Å². The third-order valence-corrected chi connectivity index (χ3v) is 1.58. The first kappa shape index (κ1) is 6.97. The monoisotopic (exact) mass is 164 g/mol. The molecule has 1 aliphatic heterocycles. The lowest BCUT2D eigenvalue weighted by atomic mass is 10.3. The first-order chi connectivity index (χ1) is 5.79. The van der Waals surface area contributed by atoms with Crippen molar-refractivity contribution in [3.63, 3.8) is 0 Å². The molecule has 0 unspecified atom stereocenters. The Labute approximate surface area is 69.1 Å². The highest BCUT2D eigenvalue weighted by Crippen LogP contribution is 2.33. The maximum atomic E-state index is 10.7. The minimum Gasteiger partial charge on any atom is -0.497 e. The summed E-state index contributed by atoms with van der Waals surface area (Å²) in [5.41, 5.74) is 0.556. The molecule has 12 heavy (non-hydrogen) atoms. The van der Waals surface area contributed by atoms with Gasteiger partial charge >= 0.3 is 6.09 Å². The molecule has 0 bridgehead atoms. The molecule has 0 N–H and O–H groups in total. The number of ether oxygens (including phenoxy) is 2. The summed E-state index contributed by atoms with van der Waals surface area (Å²) in [6, 6.07) is 5.03. The van der Waals surface area contributed by atoms with E-state index >= 15 is 0 Å². The van der Waals surface area contributed by atoms with Crippen molar-refractivity contribution in [2.45, 2.75) is 0 Å². The Hall–Kier alpha value is -1.71. The van der Waals surface area contributed by atoms with Crippen LogP contribution >= 0.6 is 0 Å². The van der Waals surface area contributed by atoms with Crippen molar-refractivity contribution in [1.29, 1.82) is 0 Å². The predicted molar refractivity (Wildman–Crippen MR) is 40.8 cm³/mol. The van der Waals surface area contributed by atoms with Crippen LogP contribution in [0.5, 0.6) is 11.5 Å². The molecule has 0 saturated carbocycles. The molecule has 0 atom stereocenters. The molecule has 1 amide bonds. The van der Waals surface area contributed by atoms with E-state index in [2.05, 4.69) is 5.32 Å². The molecule has 0 aromatic heterocycles. The summed E-state index contributed by atoms with van der Waals surface area (Å²) in [6.45, 7) is 0. The smallest absolute Gasteiger partial charge is 0.439 e. The minimum absolute atomic E-state index is 0.458. The topological polar surface area (TPSA) is 49.6 Å². The van der Waals surface area contributed by atoms with Crippen LogP contribution < -0.4 is 14.8 Å². The zero-order chi connectivity index (χ0) is 8.55. The van der Waals surface area contributed by atoms with Crippen LogP contribution in [0.4, 0.5) is 10.5 Å². The number of hydrogen-bond donors (Lipinski definition) is 0. The van der Waals surface area contributed by atoms with Gasteiger partial charge in [-0.2, -0.15) is 5.32 Å². The van der Waals surface area contributed by atoms with Crippen molar-refractivity contribution in [2.75, 3.05) is 7.11 Å². The van der Waals surface area contributed by atoms with Crippen LogP contribution in [0, 0.1) is 0 Å². The summed E-state index contributed by atoms with van der Waals surface area (Å²) in [5.74, 6) is 1.11. The van der Waals surface area contributed by atoms with Crippen LogP contribution in [-0.2, 0) is 0 Å². The molecule has 4 heteroatoms. The number of fused-ring (bicyclic) bond motifs is 1. The summed E-state index contributed by atoms with van der Waals surface area (Å²) in [6.07, 6.45) is -0.571. The van der Waals surface area contributed by atoms with Gasteiger partial charge in [0, 0.05) is 6.07 Å². The highest BCUT2D eigenvalue weighted by atomic mass is 16.6. The van der Waals surface area contributed by atoms with Crippen molar-refractivity contribution >= 4 is 11.8 Å². The zero-order valence-corrected chi connectivity index (χ0v) is 6.40. The van der Waals surface area contributed by atoms with E-state index < -0.39 is 6.09 Å². The predicted octanol–water partition coefficient (Wildman–Crippen LogP) is 1.44. The SMILES string of the molecule is COc1ccc2c(c1)OC(=O)[N]2. The highest BCUT2D eigenvalue weighted by Gasteiger charge is 2.21. The van der Waals surface area contributed by atoms with Gasteiger partial charge in [-0.05, 0) is 12.1 Å². The van der Waals surface area contributed by atoms with Crippen molar-refractivity contribution in [3.8, 4) is 11.5 Å². The van der Waals surface area contributed by atoms with Crippen molar-refractivity contribution in [1.82, 2.24) is 5.32 Å². The fourth-order valence-corrected chi connectivity index (χ4v) is 1.01. The molecule has 1 aromatic carbocycles. The van der Waals surface area contributed by atoms with Gasteiger partial charge in [-0.1, -0.05) is 0 Å². The fraction of sp³-hybridized carbons (Fsp3) is 0.125. The molecule has 1 aliphatic rings. The Bertz CT molecular complexity index is 335. The average molecular weight is 164 g/mol. The lowest BCUT2D eigenvalue weighted by molar-refractivity contribution is 0.211. The number of carbonyl (C=O) groups is 1. The average Bonchev–Trinajstić information content (AvgIpc) is 2.43. The first-order valence-corrected chi connectivity index (χ1v) is 3.41. The van der Waals surface area contributed by atoms with Gasteiger partial charge in [0.1, 0.15) is 11.4 Å². The fourth-order valence-electron chi connectivity index (χ4n) is 1.01. The maximum absolute atomic E-state index is 10.7. The Balaban J connectivity index is 2.41. The van der Waals surface area contributed by atoms with E-state index in [-0.39, 0.29) is 0 Å². The second-order valence-corrected chi connectivity index (χ2v) is 2.31. The van der Waals surface area contributed by atoms with Crippen molar-refractivity contribution < 1.29 is 14.3 Å². The lowest BCUT2D eigenvalue weighted by Crippen LogP contribution is -2.05. The molecule has 1 aromatic rings.